The number of carbonyl (C=O) groups excluding carboxylic acids is 1. The van der Waals surface area contributed by atoms with E-state index in [0.29, 0.717) is 23.7 Å². The third-order valence-corrected chi connectivity index (χ3v) is 3.16. The minimum Gasteiger partial charge on any atom is -0.350 e. The first kappa shape index (κ1) is 13.6. The predicted octanol–water partition coefficient (Wildman–Crippen LogP) is 2.58. The molecule has 0 atom stereocenters. The summed E-state index contributed by atoms with van der Waals surface area (Å²) in [4.78, 5) is 11.9. The second-order valence-electron chi connectivity index (χ2n) is 4.39. The summed E-state index contributed by atoms with van der Waals surface area (Å²) in [5, 5.41) is 7.64. The molecule has 0 aliphatic carbocycles. The predicted molar refractivity (Wildman–Crippen MR) is 75.5 cm³/mol. The van der Waals surface area contributed by atoms with E-state index >= 15 is 0 Å². The second-order valence-corrected chi connectivity index (χ2v) is 4.79. The van der Waals surface area contributed by atoms with Crippen LogP contribution in [0.4, 0.5) is 0 Å². The zero-order valence-electron chi connectivity index (χ0n) is 11.0. The van der Waals surface area contributed by atoms with Gasteiger partial charge in [0.25, 0.3) is 5.91 Å². The molecule has 0 fully saturated rings. The van der Waals surface area contributed by atoms with E-state index in [1.54, 1.807) is 24.3 Å². The van der Waals surface area contributed by atoms with Crippen LogP contribution in [0.25, 0.3) is 0 Å². The molecule has 0 radical (unpaired) electrons. The molecule has 0 bridgehead atoms. The number of rotatable bonds is 4. The first-order valence-corrected chi connectivity index (χ1v) is 6.49. The van der Waals surface area contributed by atoms with Crippen molar-refractivity contribution in [1.29, 1.82) is 0 Å². The Morgan fingerprint density at radius 2 is 2.11 bits per heavy atom. The quantitative estimate of drug-likeness (QED) is 0.934. The number of nitrogens with one attached hydrogen (secondary N) is 1. The average Bonchev–Trinajstić information content (AvgIpc) is 2.68. The van der Waals surface area contributed by atoms with Gasteiger partial charge < -0.3 is 5.32 Å². The van der Waals surface area contributed by atoms with Crippen LogP contribution >= 0.6 is 11.6 Å². The van der Waals surface area contributed by atoms with Gasteiger partial charge in [0.1, 0.15) is 0 Å². The highest BCUT2D eigenvalue weighted by molar-refractivity contribution is 6.33. The van der Waals surface area contributed by atoms with E-state index in [2.05, 4.69) is 10.4 Å². The Bertz CT molecular complexity index is 592. The zero-order chi connectivity index (χ0) is 13.8. The van der Waals surface area contributed by atoms with Gasteiger partial charge in [0.05, 0.1) is 22.8 Å². The van der Waals surface area contributed by atoms with Gasteiger partial charge >= 0.3 is 0 Å². The number of carbonyl (C=O) groups is 1. The van der Waals surface area contributed by atoms with Crippen LogP contribution in [0.5, 0.6) is 0 Å². The number of hydrogen-bond acceptors (Lipinski definition) is 2. The monoisotopic (exact) mass is 277 g/mol. The van der Waals surface area contributed by atoms with Crippen molar-refractivity contribution in [1.82, 2.24) is 15.1 Å². The van der Waals surface area contributed by atoms with Gasteiger partial charge in [-0.1, -0.05) is 23.7 Å². The van der Waals surface area contributed by atoms with E-state index in [1.807, 2.05) is 24.6 Å². The van der Waals surface area contributed by atoms with E-state index in [-0.39, 0.29) is 5.91 Å². The van der Waals surface area contributed by atoms with Gasteiger partial charge in [-0.15, -0.1) is 0 Å². The molecular weight excluding hydrogens is 262 g/mol. The second kappa shape index (κ2) is 5.89. The van der Waals surface area contributed by atoms with E-state index in [0.717, 1.165) is 11.4 Å². The molecule has 5 heteroatoms. The maximum absolute atomic E-state index is 11.9. The summed E-state index contributed by atoms with van der Waals surface area (Å²) in [7, 11) is 0. The minimum absolute atomic E-state index is 0.160. The highest BCUT2D eigenvalue weighted by Crippen LogP contribution is 2.14. The largest absolute Gasteiger partial charge is 0.350 e. The van der Waals surface area contributed by atoms with Gasteiger partial charge in [0.15, 0.2) is 0 Å². The van der Waals surface area contributed by atoms with Crippen LogP contribution in [0.3, 0.4) is 0 Å². The maximum atomic E-state index is 11.9. The van der Waals surface area contributed by atoms with Crippen molar-refractivity contribution in [3.63, 3.8) is 0 Å². The number of aromatic nitrogens is 2. The Kier molecular flexibility index (Phi) is 4.22. The lowest BCUT2D eigenvalue weighted by molar-refractivity contribution is 0.0952. The third-order valence-electron chi connectivity index (χ3n) is 2.83. The van der Waals surface area contributed by atoms with E-state index < -0.39 is 0 Å². The highest BCUT2D eigenvalue weighted by atomic mass is 35.5. The smallest absolute Gasteiger partial charge is 0.252 e. The number of amides is 1. The van der Waals surface area contributed by atoms with Gasteiger partial charge in [-0.2, -0.15) is 5.10 Å². The lowest BCUT2D eigenvalue weighted by Gasteiger charge is -2.08. The van der Waals surface area contributed by atoms with Gasteiger partial charge in [0.2, 0.25) is 0 Å². The van der Waals surface area contributed by atoms with Crippen LogP contribution in [0.15, 0.2) is 30.3 Å². The van der Waals surface area contributed by atoms with Crippen LogP contribution in [-0.4, -0.2) is 22.2 Å². The fourth-order valence-corrected chi connectivity index (χ4v) is 2.14. The number of benzene rings is 1. The molecule has 1 amide bonds. The van der Waals surface area contributed by atoms with Gasteiger partial charge in [-0.25, -0.2) is 0 Å². The molecule has 4 nitrogen and oxygen atoms in total. The summed E-state index contributed by atoms with van der Waals surface area (Å²) in [6.45, 7) is 5.11. The number of aryl methyl sites for hydroxylation is 2. The average molecular weight is 278 g/mol. The fraction of sp³-hybridized carbons (Fsp3) is 0.286. The molecule has 1 aromatic carbocycles. The lowest BCUT2D eigenvalue weighted by atomic mass is 10.2. The van der Waals surface area contributed by atoms with Gasteiger partial charge in [-0.05, 0) is 32.0 Å². The first-order valence-electron chi connectivity index (χ1n) is 6.11. The van der Waals surface area contributed by atoms with Crippen molar-refractivity contribution < 1.29 is 4.79 Å². The molecule has 0 spiro atoms. The summed E-state index contributed by atoms with van der Waals surface area (Å²) >= 11 is 5.97. The van der Waals surface area contributed by atoms with Crippen molar-refractivity contribution in [2.24, 2.45) is 0 Å². The summed E-state index contributed by atoms with van der Waals surface area (Å²) in [6, 6.07) is 9.02. The number of halogens is 1. The van der Waals surface area contributed by atoms with Crippen molar-refractivity contribution in [3.05, 3.63) is 52.3 Å². The van der Waals surface area contributed by atoms with Gasteiger partial charge in [0, 0.05) is 12.2 Å². The summed E-state index contributed by atoms with van der Waals surface area (Å²) in [5.74, 6) is -0.160. The summed E-state index contributed by atoms with van der Waals surface area (Å²) in [6.07, 6.45) is 0. The summed E-state index contributed by atoms with van der Waals surface area (Å²) in [5.41, 5.74) is 2.57. The zero-order valence-corrected chi connectivity index (χ0v) is 11.7. The van der Waals surface area contributed by atoms with Crippen molar-refractivity contribution in [2.45, 2.75) is 20.4 Å². The Balaban J connectivity index is 1.91. The van der Waals surface area contributed by atoms with Crippen LogP contribution < -0.4 is 5.32 Å². The minimum atomic E-state index is -0.160. The van der Waals surface area contributed by atoms with Crippen LogP contribution in [0.2, 0.25) is 5.02 Å². The van der Waals surface area contributed by atoms with Crippen LogP contribution in [-0.2, 0) is 6.54 Å². The Hall–Kier alpha value is -1.81. The molecule has 2 rings (SSSR count). The number of nitrogens with zero attached hydrogens (tertiary/aromatic N) is 2. The molecule has 1 heterocycles. The number of hydrogen-bond donors (Lipinski definition) is 1. The molecule has 19 heavy (non-hydrogen) atoms. The summed E-state index contributed by atoms with van der Waals surface area (Å²) < 4.78 is 1.88. The fourth-order valence-electron chi connectivity index (χ4n) is 1.92. The lowest BCUT2D eigenvalue weighted by Crippen LogP contribution is -2.28. The van der Waals surface area contributed by atoms with E-state index in [9.17, 15) is 4.79 Å². The topological polar surface area (TPSA) is 46.9 Å². The standard InChI is InChI=1S/C14H16ClN3O/c1-10-9-11(2)18(17-10)8-7-16-14(19)12-5-3-4-6-13(12)15/h3-6,9H,7-8H2,1-2H3,(H,16,19). The van der Waals surface area contributed by atoms with Crippen LogP contribution in [0, 0.1) is 13.8 Å². The molecule has 2 aromatic rings. The molecule has 0 unspecified atom stereocenters. The van der Waals surface area contributed by atoms with Crippen molar-refractivity contribution in [2.75, 3.05) is 6.54 Å². The SMILES string of the molecule is Cc1cc(C)n(CCNC(=O)c2ccccc2Cl)n1. The highest BCUT2D eigenvalue weighted by Gasteiger charge is 2.08. The molecule has 0 aliphatic rings. The Morgan fingerprint density at radius 3 is 2.74 bits per heavy atom. The van der Waals surface area contributed by atoms with E-state index in [1.165, 1.54) is 0 Å². The molecule has 0 aliphatic heterocycles. The molecule has 0 saturated heterocycles. The third kappa shape index (κ3) is 3.35. The van der Waals surface area contributed by atoms with Crippen molar-refractivity contribution >= 4 is 17.5 Å². The Morgan fingerprint density at radius 1 is 1.37 bits per heavy atom. The van der Waals surface area contributed by atoms with Crippen molar-refractivity contribution in [3.8, 4) is 0 Å². The molecule has 100 valence electrons. The van der Waals surface area contributed by atoms with Gasteiger partial charge in [-0.3, -0.25) is 9.48 Å². The molecule has 1 N–H and O–H groups in total. The molecule has 1 aromatic heterocycles. The molecular formula is C14H16ClN3O. The Labute approximate surface area is 117 Å². The molecule has 0 saturated carbocycles. The normalized spacial score (nSPS) is 10.5. The van der Waals surface area contributed by atoms with Crippen LogP contribution in [0.1, 0.15) is 21.7 Å². The van der Waals surface area contributed by atoms with E-state index in [4.69, 9.17) is 11.6 Å². The maximum Gasteiger partial charge on any atom is 0.252 e. The first-order chi connectivity index (χ1) is 9.08.